The highest BCUT2D eigenvalue weighted by Gasteiger charge is 2.27. The van der Waals surface area contributed by atoms with Crippen LogP contribution < -0.4 is 0 Å². The van der Waals surface area contributed by atoms with Gasteiger partial charge in [-0.1, -0.05) is 64.7 Å². The molecule has 0 spiro atoms. The molecule has 1 aliphatic rings. The number of esters is 1. The number of aliphatic hydroxyl groups is 1. The van der Waals surface area contributed by atoms with E-state index in [1.807, 2.05) is 0 Å². The smallest absolute Gasteiger partial charge is 0.333 e. The summed E-state index contributed by atoms with van der Waals surface area (Å²) >= 11 is 0. The Hall–Kier alpha value is -0.880. The first-order valence-corrected chi connectivity index (χ1v) is 10.6. The molecule has 0 bridgehead atoms. The van der Waals surface area contributed by atoms with Crippen molar-refractivity contribution in [2.24, 2.45) is 0 Å². The molecule has 0 aromatic heterocycles. The summed E-state index contributed by atoms with van der Waals surface area (Å²) in [7, 11) is -3.29. The summed E-state index contributed by atoms with van der Waals surface area (Å²) in [5.41, 5.74) is 0.141. The molecule has 134 valence electrons. The molecule has 0 aromatic rings. The number of cyclic esters (lactones) is 1. The second kappa shape index (κ2) is 10.8. The zero-order valence-corrected chi connectivity index (χ0v) is 14.9. The highest BCUT2D eigenvalue weighted by molar-refractivity contribution is 7.91. The van der Waals surface area contributed by atoms with Crippen LogP contribution in [0.1, 0.15) is 71.1 Å². The fourth-order valence-electron chi connectivity index (χ4n) is 2.69. The van der Waals surface area contributed by atoms with Gasteiger partial charge in [0, 0.05) is 11.6 Å². The Morgan fingerprint density at radius 3 is 2.00 bits per heavy atom. The lowest BCUT2D eigenvalue weighted by molar-refractivity contribution is -0.151. The number of aliphatic hydroxyl groups excluding tert-OH is 1. The molecule has 23 heavy (non-hydrogen) atoms. The second-order valence-electron chi connectivity index (χ2n) is 6.28. The van der Waals surface area contributed by atoms with E-state index in [1.165, 1.54) is 44.9 Å². The van der Waals surface area contributed by atoms with Gasteiger partial charge in [-0.2, -0.15) is 0 Å². The number of rotatable bonds is 13. The number of hydrogen-bond acceptors (Lipinski definition) is 5. The minimum absolute atomic E-state index is 0.0990. The van der Waals surface area contributed by atoms with Crippen LogP contribution in [0.2, 0.25) is 0 Å². The van der Waals surface area contributed by atoms with E-state index in [2.05, 4.69) is 11.7 Å². The Bertz CT molecular complexity index is 481. The summed E-state index contributed by atoms with van der Waals surface area (Å²) in [6.07, 6.45) is 11.2. The molecule has 0 saturated heterocycles. The van der Waals surface area contributed by atoms with E-state index in [-0.39, 0.29) is 17.1 Å². The molecule has 1 aliphatic heterocycles. The lowest BCUT2D eigenvalue weighted by Crippen LogP contribution is -2.19. The van der Waals surface area contributed by atoms with Crippen LogP contribution in [0.25, 0.3) is 0 Å². The molecule has 0 amide bonds. The maximum Gasteiger partial charge on any atom is 0.333 e. The maximum atomic E-state index is 12.0. The number of carbonyl (C=O) groups is 1. The maximum absolute atomic E-state index is 12.0. The van der Waals surface area contributed by atoms with Gasteiger partial charge in [0.15, 0.2) is 9.84 Å². The minimum atomic E-state index is -3.29. The monoisotopic (exact) mass is 346 g/mol. The van der Waals surface area contributed by atoms with Crippen LogP contribution in [0.4, 0.5) is 0 Å². The number of ether oxygens (including phenoxy) is 1. The molecule has 0 aliphatic carbocycles. The third-order valence-corrected chi connectivity index (χ3v) is 5.73. The Balaban J connectivity index is 2.06. The topological polar surface area (TPSA) is 80.7 Å². The summed E-state index contributed by atoms with van der Waals surface area (Å²) < 4.78 is 28.4. The zero-order valence-electron chi connectivity index (χ0n) is 14.1. The Labute approximate surface area is 140 Å². The largest absolute Gasteiger partial charge is 0.429 e. The molecule has 1 atom stereocenters. The Morgan fingerprint density at radius 2 is 1.52 bits per heavy atom. The van der Waals surface area contributed by atoms with Crippen LogP contribution in [-0.2, 0) is 19.4 Å². The number of unbranched alkanes of at least 4 members (excludes halogenated alkanes) is 9. The van der Waals surface area contributed by atoms with Crippen LogP contribution in [0.5, 0.6) is 0 Å². The summed E-state index contributed by atoms with van der Waals surface area (Å²) in [4.78, 5) is 10.9. The summed E-state index contributed by atoms with van der Waals surface area (Å²) in [6.45, 7) is 2.21. The molecule has 0 saturated carbocycles. The highest BCUT2D eigenvalue weighted by atomic mass is 32.2. The average molecular weight is 346 g/mol. The van der Waals surface area contributed by atoms with Gasteiger partial charge in [0.25, 0.3) is 0 Å². The fraction of sp³-hybridized carbons (Fsp3) is 0.824. The first-order valence-electron chi connectivity index (χ1n) is 8.74. The summed E-state index contributed by atoms with van der Waals surface area (Å²) in [5, 5.41) is 9.39. The van der Waals surface area contributed by atoms with Crippen LogP contribution in [0.15, 0.2) is 11.6 Å². The molecule has 1 heterocycles. The third-order valence-electron chi connectivity index (χ3n) is 4.04. The van der Waals surface area contributed by atoms with Crippen molar-refractivity contribution in [1.29, 1.82) is 0 Å². The van der Waals surface area contributed by atoms with Gasteiger partial charge in [0.05, 0.1) is 11.5 Å². The quantitative estimate of drug-likeness (QED) is 0.409. The van der Waals surface area contributed by atoms with E-state index in [1.54, 1.807) is 0 Å². The van der Waals surface area contributed by atoms with Crippen molar-refractivity contribution < 1.29 is 23.1 Å². The molecule has 6 heteroatoms. The first-order chi connectivity index (χ1) is 10.9. The standard InChI is InChI=1S/C17H30O5S/c1-2-3-4-5-6-7-8-9-10-11-12-23(20,21)14-15-13-16(18)22-17(15)19/h13,17,19H,2-12,14H2,1H3. The number of hydrogen-bond donors (Lipinski definition) is 1. The van der Waals surface area contributed by atoms with Gasteiger partial charge < -0.3 is 9.84 Å². The van der Waals surface area contributed by atoms with E-state index in [9.17, 15) is 18.3 Å². The Kier molecular flexibility index (Phi) is 9.48. The lowest BCUT2D eigenvalue weighted by atomic mass is 10.1. The van der Waals surface area contributed by atoms with E-state index in [4.69, 9.17) is 0 Å². The SMILES string of the molecule is CCCCCCCCCCCCS(=O)(=O)CC1=CC(=O)OC1O. The van der Waals surface area contributed by atoms with E-state index in [0.29, 0.717) is 6.42 Å². The number of sulfone groups is 1. The normalized spacial score (nSPS) is 18.1. The average Bonchev–Trinajstić information content (AvgIpc) is 2.78. The summed E-state index contributed by atoms with van der Waals surface area (Å²) in [5.74, 6) is -0.874. The van der Waals surface area contributed by atoms with Crippen molar-refractivity contribution >= 4 is 15.8 Å². The van der Waals surface area contributed by atoms with Gasteiger partial charge in [-0.3, -0.25) is 0 Å². The Morgan fingerprint density at radius 1 is 1.00 bits per heavy atom. The molecule has 1 unspecified atom stereocenters. The molecule has 1 N–H and O–H groups in total. The minimum Gasteiger partial charge on any atom is -0.429 e. The first kappa shape index (κ1) is 20.2. The molecular formula is C17H30O5S. The third kappa shape index (κ3) is 9.11. The van der Waals surface area contributed by atoms with Crippen molar-refractivity contribution in [3.63, 3.8) is 0 Å². The van der Waals surface area contributed by atoms with Crippen molar-refractivity contribution in [2.45, 2.75) is 77.4 Å². The summed E-state index contributed by atoms with van der Waals surface area (Å²) in [6, 6.07) is 0. The van der Waals surface area contributed by atoms with Crippen molar-refractivity contribution in [3.05, 3.63) is 11.6 Å². The lowest BCUT2D eigenvalue weighted by Gasteiger charge is -2.08. The van der Waals surface area contributed by atoms with Crippen molar-refractivity contribution in [1.82, 2.24) is 0 Å². The van der Waals surface area contributed by atoms with Gasteiger partial charge in [-0.05, 0) is 6.42 Å². The van der Waals surface area contributed by atoms with Gasteiger partial charge in [0.2, 0.25) is 6.29 Å². The van der Waals surface area contributed by atoms with Crippen LogP contribution >= 0.6 is 0 Å². The molecule has 0 radical (unpaired) electrons. The van der Waals surface area contributed by atoms with Gasteiger partial charge in [0.1, 0.15) is 0 Å². The highest BCUT2D eigenvalue weighted by Crippen LogP contribution is 2.17. The van der Waals surface area contributed by atoms with E-state index < -0.39 is 22.1 Å². The van der Waals surface area contributed by atoms with Gasteiger partial charge in [-0.25, -0.2) is 13.2 Å². The van der Waals surface area contributed by atoms with E-state index in [0.717, 1.165) is 18.9 Å². The molecule has 0 fully saturated rings. The zero-order chi connectivity index (χ0) is 17.1. The molecule has 1 rings (SSSR count). The van der Waals surface area contributed by atoms with Gasteiger partial charge >= 0.3 is 5.97 Å². The van der Waals surface area contributed by atoms with E-state index >= 15 is 0 Å². The van der Waals surface area contributed by atoms with Crippen LogP contribution in [0, 0.1) is 0 Å². The predicted octanol–water partition coefficient (Wildman–Crippen LogP) is 3.12. The van der Waals surface area contributed by atoms with Crippen LogP contribution in [0.3, 0.4) is 0 Å². The molecular weight excluding hydrogens is 316 g/mol. The predicted molar refractivity (Wildman–Crippen MR) is 90.7 cm³/mol. The second-order valence-corrected chi connectivity index (χ2v) is 8.47. The van der Waals surface area contributed by atoms with Crippen LogP contribution in [-0.4, -0.2) is 37.3 Å². The number of carbonyl (C=O) groups excluding carboxylic acids is 1. The molecule has 0 aromatic carbocycles. The van der Waals surface area contributed by atoms with Crippen molar-refractivity contribution in [3.8, 4) is 0 Å². The molecule has 5 nitrogen and oxygen atoms in total. The van der Waals surface area contributed by atoms with Gasteiger partial charge in [-0.15, -0.1) is 0 Å². The van der Waals surface area contributed by atoms with Crippen molar-refractivity contribution in [2.75, 3.05) is 11.5 Å². The fourth-order valence-corrected chi connectivity index (χ4v) is 4.21.